The number of thiophene rings is 1. The third-order valence-electron chi connectivity index (χ3n) is 2.59. The molecule has 1 aliphatic carbocycles. The van der Waals surface area contributed by atoms with Crippen molar-refractivity contribution in [1.82, 2.24) is 0 Å². The molecule has 0 aromatic carbocycles. The molecule has 1 fully saturated rings. The first-order valence-corrected chi connectivity index (χ1v) is 6.15. The van der Waals surface area contributed by atoms with Crippen molar-refractivity contribution in [3.8, 4) is 0 Å². The lowest BCUT2D eigenvalue weighted by Crippen LogP contribution is -2.44. The molecule has 1 nitrogen and oxygen atoms in total. The molecule has 0 spiro atoms. The van der Waals surface area contributed by atoms with Crippen LogP contribution < -0.4 is 0 Å². The Kier molecular flexibility index (Phi) is 2.51. The normalized spacial score (nSPS) is 33.0. The summed E-state index contributed by atoms with van der Waals surface area (Å²) in [6.45, 7) is 2.19. The van der Waals surface area contributed by atoms with Crippen molar-refractivity contribution in [3.63, 3.8) is 0 Å². The Morgan fingerprint density at radius 2 is 2.31 bits per heavy atom. The zero-order valence-corrected chi connectivity index (χ0v) is 9.99. The van der Waals surface area contributed by atoms with Crippen LogP contribution in [0.3, 0.4) is 0 Å². The van der Waals surface area contributed by atoms with Crippen molar-refractivity contribution in [2.75, 3.05) is 0 Å². The predicted molar refractivity (Wildman–Crippen MR) is 59.1 cm³/mol. The first-order valence-electron chi connectivity index (χ1n) is 4.54. The molecule has 3 heteroatoms. The molecule has 0 atom stereocenters. The molecule has 0 aliphatic heterocycles. The summed E-state index contributed by atoms with van der Waals surface area (Å²) in [6.07, 6.45) is 2.75. The molecule has 1 aromatic heterocycles. The Morgan fingerprint density at radius 1 is 1.62 bits per heavy atom. The van der Waals surface area contributed by atoms with Crippen molar-refractivity contribution in [2.24, 2.45) is 5.92 Å². The van der Waals surface area contributed by atoms with Crippen LogP contribution in [-0.2, 0) is 6.42 Å². The van der Waals surface area contributed by atoms with Gasteiger partial charge in [0.25, 0.3) is 0 Å². The van der Waals surface area contributed by atoms with Crippen LogP contribution in [0.1, 0.15) is 24.6 Å². The van der Waals surface area contributed by atoms with Crippen LogP contribution in [0.15, 0.2) is 15.9 Å². The van der Waals surface area contributed by atoms with E-state index < -0.39 is 5.60 Å². The molecule has 1 saturated carbocycles. The Hall–Kier alpha value is 0.140. The van der Waals surface area contributed by atoms with Gasteiger partial charge in [-0.1, -0.05) is 6.92 Å². The molecular weight excluding hydrogens is 248 g/mol. The Labute approximate surface area is 90.9 Å². The van der Waals surface area contributed by atoms with Gasteiger partial charge in [0, 0.05) is 11.3 Å². The van der Waals surface area contributed by atoms with E-state index in [1.54, 1.807) is 11.3 Å². The lowest BCUT2D eigenvalue weighted by Gasteiger charge is -2.41. The molecule has 2 rings (SSSR count). The van der Waals surface area contributed by atoms with Crippen molar-refractivity contribution in [3.05, 3.63) is 20.8 Å². The van der Waals surface area contributed by atoms with Gasteiger partial charge in [0.1, 0.15) is 0 Å². The second-order valence-corrected chi connectivity index (χ2v) is 6.67. The van der Waals surface area contributed by atoms with Gasteiger partial charge in [-0.2, -0.15) is 0 Å². The highest BCUT2D eigenvalue weighted by Crippen LogP contribution is 2.41. The first-order chi connectivity index (χ1) is 6.07. The summed E-state index contributed by atoms with van der Waals surface area (Å²) in [6, 6.07) is 4.14. The summed E-state index contributed by atoms with van der Waals surface area (Å²) < 4.78 is 1.15. The Bertz CT molecular complexity index is 302. The largest absolute Gasteiger partial charge is 0.389 e. The van der Waals surface area contributed by atoms with Crippen molar-refractivity contribution in [1.29, 1.82) is 0 Å². The van der Waals surface area contributed by atoms with Gasteiger partial charge in [0.2, 0.25) is 0 Å². The third kappa shape index (κ3) is 2.14. The van der Waals surface area contributed by atoms with E-state index >= 15 is 0 Å². The van der Waals surface area contributed by atoms with E-state index in [9.17, 15) is 5.11 Å². The average molecular weight is 261 g/mol. The van der Waals surface area contributed by atoms with E-state index in [4.69, 9.17) is 0 Å². The van der Waals surface area contributed by atoms with Crippen molar-refractivity contribution in [2.45, 2.75) is 31.8 Å². The minimum atomic E-state index is -0.399. The maximum Gasteiger partial charge on any atom is 0.0701 e. The predicted octanol–water partition coefficient (Wildman–Crippen LogP) is 3.21. The molecule has 1 heterocycles. The lowest BCUT2D eigenvalue weighted by molar-refractivity contribution is -0.0660. The van der Waals surface area contributed by atoms with Crippen LogP contribution in [0.25, 0.3) is 0 Å². The van der Waals surface area contributed by atoms with E-state index in [0.29, 0.717) is 5.92 Å². The molecule has 0 amide bonds. The van der Waals surface area contributed by atoms with E-state index in [2.05, 4.69) is 28.9 Å². The second-order valence-electron chi connectivity index (χ2n) is 4.12. The van der Waals surface area contributed by atoms with Gasteiger partial charge >= 0.3 is 0 Å². The molecule has 1 aliphatic rings. The van der Waals surface area contributed by atoms with Gasteiger partial charge in [-0.25, -0.2) is 0 Å². The Morgan fingerprint density at radius 3 is 2.77 bits per heavy atom. The van der Waals surface area contributed by atoms with E-state index in [0.717, 1.165) is 23.0 Å². The smallest absolute Gasteiger partial charge is 0.0701 e. The zero-order valence-electron chi connectivity index (χ0n) is 7.59. The van der Waals surface area contributed by atoms with Crippen LogP contribution in [-0.4, -0.2) is 10.7 Å². The lowest BCUT2D eigenvalue weighted by atomic mass is 9.70. The first kappa shape index (κ1) is 9.69. The van der Waals surface area contributed by atoms with Crippen LogP contribution in [0.5, 0.6) is 0 Å². The molecule has 0 saturated heterocycles. The van der Waals surface area contributed by atoms with Crippen LogP contribution >= 0.6 is 27.3 Å². The van der Waals surface area contributed by atoms with Crippen LogP contribution in [0, 0.1) is 5.92 Å². The summed E-state index contributed by atoms with van der Waals surface area (Å²) in [5.74, 6) is 0.702. The fourth-order valence-electron chi connectivity index (χ4n) is 2.15. The van der Waals surface area contributed by atoms with Gasteiger partial charge in [-0.15, -0.1) is 11.3 Å². The monoisotopic (exact) mass is 260 g/mol. The highest BCUT2D eigenvalue weighted by atomic mass is 79.9. The maximum atomic E-state index is 10.0. The van der Waals surface area contributed by atoms with Gasteiger partial charge < -0.3 is 5.11 Å². The minimum Gasteiger partial charge on any atom is -0.389 e. The van der Waals surface area contributed by atoms with Gasteiger partial charge in [0.05, 0.1) is 9.39 Å². The molecule has 72 valence electrons. The number of rotatable bonds is 2. The summed E-state index contributed by atoms with van der Waals surface area (Å²) in [5, 5.41) is 10.0. The fraction of sp³-hybridized carbons (Fsp3) is 0.600. The average Bonchev–Trinajstić information content (AvgIpc) is 2.32. The highest BCUT2D eigenvalue weighted by Gasteiger charge is 2.40. The number of hydrogen-bond donors (Lipinski definition) is 1. The molecule has 0 bridgehead atoms. The molecule has 13 heavy (non-hydrogen) atoms. The van der Waals surface area contributed by atoms with E-state index in [1.165, 1.54) is 4.88 Å². The number of halogens is 1. The maximum absolute atomic E-state index is 10.0. The number of aliphatic hydroxyl groups is 1. The molecule has 1 N–H and O–H groups in total. The van der Waals surface area contributed by atoms with Crippen LogP contribution in [0.2, 0.25) is 0 Å². The van der Waals surface area contributed by atoms with Crippen molar-refractivity contribution < 1.29 is 5.11 Å². The van der Waals surface area contributed by atoms with Crippen molar-refractivity contribution >= 4 is 27.3 Å². The Balaban J connectivity index is 1.99. The topological polar surface area (TPSA) is 20.2 Å². The van der Waals surface area contributed by atoms with E-state index in [-0.39, 0.29) is 0 Å². The van der Waals surface area contributed by atoms with E-state index in [1.807, 2.05) is 6.07 Å². The quantitative estimate of drug-likeness (QED) is 0.866. The number of hydrogen-bond acceptors (Lipinski definition) is 2. The zero-order chi connectivity index (χ0) is 9.47. The second kappa shape index (κ2) is 3.37. The molecule has 0 radical (unpaired) electrons. The van der Waals surface area contributed by atoms with Gasteiger partial charge in [0.15, 0.2) is 0 Å². The van der Waals surface area contributed by atoms with Gasteiger partial charge in [-0.05, 0) is 46.8 Å². The summed E-state index contributed by atoms with van der Waals surface area (Å²) in [7, 11) is 0. The summed E-state index contributed by atoms with van der Waals surface area (Å²) >= 11 is 5.15. The summed E-state index contributed by atoms with van der Waals surface area (Å²) in [4.78, 5) is 1.28. The highest BCUT2D eigenvalue weighted by molar-refractivity contribution is 9.11. The molecule has 0 unspecified atom stereocenters. The summed E-state index contributed by atoms with van der Waals surface area (Å²) in [5.41, 5.74) is -0.399. The fourth-order valence-corrected chi connectivity index (χ4v) is 3.77. The molecule has 1 aromatic rings. The van der Waals surface area contributed by atoms with Gasteiger partial charge in [-0.3, -0.25) is 0 Å². The minimum absolute atomic E-state index is 0.399. The standard InChI is InChI=1S/C10H13BrOS/c1-7-4-10(12,5-7)6-8-2-3-9(11)13-8/h2-3,7,12H,4-6H2,1H3. The SMILES string of the molecule is CC1CC(O)(Cc2ccc(Br)s2)C1. The van der Waals surface area contributed by atoms with Crippen LogP contribution in [0.4, 0.5) is 0 Å². The molecular formula is C10H13BrOS. The third-order valence-corrected chi connectivity index (χ3v) is 4.21.